The molecular formula is C25H28N6O3S. The molecule has 4 heterocycles. The van der Waals surface area contributed by atoms with Crippen LogP contribution in [0.2, 0.25) is 0 Å². The molecule has 6 rings (SSSR count). The fourth-order valence-corrected chi connectivity index (χ4v) is 6.19. The maximum atomic E-state index is 12.5. The van der Waals surface area contributed by atoms with Gasteiger partial charge in [-0.25, -0.2) is 0 Å². The molecule has 1 amide bonds. The maximum Gasteiger partial charge on any atom is 0.253 e. The summed E-state index contributed by atoms with van der Waals surface area (Å²) in [6.45, 7) is 1.96. The molecule has 1 fully saturated rings. The third-order valence-electron chi connectivity index (χ3n) is 6.66. The molecule has 0 bridgehead atoms. The van der Waals surface area contributed by atoms with Crippen molar-refractivity contribution in [2.75, 3.05) is 39.3 Å². The normalized spacial score (nSPS) is 21.8. The van der Waals surface area contributed by atoms with Crippen molar-refractivity contribution < 1.29 is 14.3 Å². The first kappa shape index (κ1) is 22.4. The van der Waals surface area contributed by atoms with Crippen LogP contribution < -0.4 is 15.4 Å². The van der Waals surface area contributed by atoms with Crippen LogP contribution in [-0.2, 0) is 4.74 Å². The van der Waals surface area contributed by atoms with Gasteiger partial charge in [-0.3, -0.25) is 20.2 Å². The number of hydrogen-bond donors (Lipinski definition) is 3. The quantitative estimate of drug-likeness (QED) is 0.513. The number of anilines is 1. The van der Waals surface area contributed by atoms with Crippen LogP contribution in [0.15, 0.2) is 46.4 Å². The van der Waals surface area contributed by atoms with E-state index in [1.54, 1.807) is 30.8 Å². The number of fused-ring (bicyclic) bond motifs is 4. The Morgan fingerprint density at radius 3 is 2.91 bits per heavy atom. The highest BCUT2D eigenvalue weighted by molar-refractivity contribution is 8.00. The van der Waals surface area contributed by atoms with Gasteiger partial charge in [-0.05, 0) is 23.8 Å². The van der Waals surface area contributed by atoms with Crippen LogP contribution in [0.4, 0.5) is 5.69 Å². The van der Waals surface area contributed by atoms with Gasteiger partial charge in [0.05, 0.1) is 48.6 Å². The average molecular weight is 493 g/mol. The average Bonchev–Trinajstić information content (AvgIpc) is 3.48. The molecule has 9 nitrogen and oxygen atoms in total. The summed E-state index contributed by atoms with van der Waals surface area (Å²) in [5, 5.41) is 15.5. The maximum absolute atomic E-state index is 12.5. The lowest BCUT2D eigenvalue weighted by molar-refractivity contribution is 0.0259. The second-order valence-electron chi connectivity index (χ2n) is 9.23. The summed E-state index contributed by atoms with van der Waals surface area (Å²) in [6.07, 6.45) is 3.67. The highest BCUT2D eigenvalue weighted by Gasteiger charge is 2.39. The van der Waals surface area contributed by atoms with Crippen molar-refractivity contribution >= 4 is 40.1 Å². The van der Waals surface area contributed by atoms with E-state index >= 15 is 0 Å². The molecule has 3 N–H and O–H groups in total. The topological polar surface area (TPSA) is 104 Å². The highest BCUT2D eigenvalue weighted by atomic mass is 32.2. The molecule has 1 saturated heterocycles. The summed E-state index contributed by atoms with van der Waals surface area (Å²) in [4.78, 5) is 20.0. The zero-order valence-electron chi connectivity index (χ0n) is 19.7. The van der Waals surface area contributed by atoms with Crippen molar-refractivity contribution in [2.24, 2.45) is 4.99 Å². The van der Waals surface area contributed by atoms with Gasteiger partial charge in [-0.1, -0.05) is 6.07 Å². The van der Waals surface area contributed by atoms with Gasteiger partial charge < -0.3 is 19.7 Å². The Morgan fingerprint density at radius 1 is 1.23 bits per heavy atom. The van der Waals surface area contributed by atoms with Gasteiger partial charge in [0.2, 0.25) is 0 Å². The van der Waals surface area contributed by atoms with Crippen molar-refractivity contribution in [3.63, 3.8) is 0 Å². The van der Waals surface area contributed by atoms with Crippen LogP contribution >= 0.6 is 11.8 Å². The molecule has 0 spiro atoms. The largest absolute Gasteiger partial charge is 0.488 e. The number of H-pyrrole nitrogens is 1. The molecule has 0 radical (unpaired) electrons. The number of hydrogen-bond acceptors (Lipinski definition) is 8. The molecule has 2 aromatic carbocycles. The molecule has 3 aromatic rings. The molecule has 10 heteroatoms. The number of carbonyl (C=O) groups excluding carboxylic acids is 1. The van der Waals surface area contributed by atoms with Gasteiger partial charge in [0, 0.05) is 48.8 Å². The molecule has 1 aromatic heterocycles. The number of benzene rings is 2. The van der Waals surface area contributed by atoms with Crippen LogP contribution in [0.25, 0.3) is 10.9 Å². The van der Waals surface area contributed by atoms with Crippen LogP contribution in [0, 0.1) is 0 Å². The van der Waals surface area contributed by atoms with Gasteiger partial charge in [0.1, 0.15) is 17.7 Å². The Morgan fingerprint density at radius 2 is 2.09 bits per heavy atom. The van der Waals surface area contributed by atoms with Gasteiger partial charge in [0.15, 0.2) is 0 Å². The second kappa shape index (κ2) is 9.18. The standard InChI is InChI=1S/C25H28N6O3S/c1-31(2)25(32)14-3-4-17-21(10-14)35-24-22(17)23(26-13-27-24)29-19-9-15-12-28-30-18(15)11-20(19)34-16-5-7-33-8-6-16/h3-4,9-12,16,22,24,27H,5-8,13H2,1-2H3,(H,26,29)(H,28,30). The minimum Gasteiger partial charge on any atom is -0.488 e. The summed E-state index contributed by atoms with van der Waals surface area (Å²) < 4.78 is 11.9. The number of nitrogens with zero attached hydrogens (tertiary/aromatic N) is 3. The van der Waals surface area contributed by atoms with Crippen LogP contribution in [0.1, 0.15) is 34.7 Å². The fourth-order valence-electron chi connectivity index (χ4n) is 4.82. The Balaban J connectivity index is 1.31. The lowest BCUT2D eigenvalue weighted by Crippen LogP contribution is -2.41. The number of aromatic amines is 1. The van der Waals surface area contributed by atoms with Gasteiger partial charge in [-0.15, -0.1) is 11.8 Å². The van der Waals surface area contributed by atoms with Crippen molar-refractivity contribution in [1.29, 1.82) is 0 Å². The molecule has 2 unspecified atom stereocenters. The lowest BCUT2D eigenvalue weighted by Gasteiger charge is -2.29. The van der Waals surface area contributed by atoms with Gasteiger partial charge in [-0.2, -0.15) is 5.10 Å². The third-order valence-corrected chi connectivity index (χ3v) is 7.96. The summed E-state index contributed by atoms with van der Waals surface area (Å²) in [5.41, 5.74) is 3.68. The zero-order valence-corrected chi connectivity index (χ0v) is 20.5. The molecule has 0 aliphatic carbocycles. The number of aliphatic imine (C=N–C) groups is 1. The molecule has 35 heavy (non-hydrogen) atoms. The summed E-state index contributed by atoms with van der Waals surface area (Å²) in [7, 11) is 3.55. The monoisotopic (exact) mass is 492 g/mol. The molecule has 3 aliphatic rings. The van der Waals surface area contributed by atoms with E-state index in [1.807, 2.05) is 24.4 Å². The van der Waals surface area contributed by atoms with E-state index in [1.165, 1.54) is 5.56 Å². The molecular weight excluding hydrogens is 464 g/mol. The number of thioether (sulfide) groups is 1. The van der Waals surface area contributed by atoms with E-state index in [-0.39, 0.29) is 23.3 Å². The van der Waals surface area contributed by atoms with Crippen molar-refractivity contribution in [1.82, 2.24) is 20.4 Å². The summed E-state index contributed by atoms with van der Waals surface area (Å²) >= 11 is 1.75. The van der Waals surface area contributed by atoms with Crippen LogP contribution in [-0.4, -0.2) is 72.3 Å². The predicted octanol–water partition coefficient (Wildman–Crippen LogP) is 3.41. The number of amidine groups is 1. The Bertz CT molecular complexity index is 1300. The number of aromatic nitrogens is 2. The van der Waals surface area contributed by atoms with E-state index in [4.69, 9.17) is 14.5 Å². The van der Waals surface area contributed by atoms with Crippen molar-refractivity contribution in [3.05, 3.63) is 47.7 Å². The lowest BCUT2D eigenvalue weighted by atomic mass is 9.95. The molecule has 182 valence electrons. The van der Waals surface area contributed by atoms with Gasteiger partial charge in [0.25, 0.3) is 5.91 Å². The van der Waals surface area contributed by atoms with Gasteiger partial charge >= 0.3 is 0 Å². The summed E-state index contributed by atoms with van der Waals surface area (Å²) in [5.74, 6) is 1.73. The van der Waals surface area contributed by atoms with Crippen LogP contribution in [0.3, 0.4) is 0 Å². The fraction of sp³-hybridized carbons (Fsp3) is 0.400. The van der Waals surface area contributed by atoms with E-state index < -0.39 is 0 Å². The first-order chi connectivity index (χ1) is 17.1. The van der Waals surface area contributed by atoms with E-state index in [0.29, 0.717) is 25.4 Å². The SMILES string of the molecule is CN(C)C(=O)c1ccc2c(c1)SC1NCN=C(Nc3cc4cn[nH]c4cc3OC3CCOCC3)C21. The number of carbonyl (C=O) groups is 1. The Hall–Kier alpha value is -3.08. The van der Waals surface area contributed by atoms with Crippen molar-refractivity contribution in [2.45, 2.75) is 35.1 Å². The Labute approximate surface area is 207 Å². The number of ether oxygens (including phenoxy) is 2. The Kier molecular flexibility index (Phi) is 5.87. The smallest absolute Gasteiger partial charge is 0.253 e. The first-order valence-electron chi connectivity index (χ1n) is 11.9. The number of rotatable bonds is 4. The van der Waals surface area contributed by atoms with E-state index in [9.17, 15) is 4.79 Å². The predicted molar refractivity (Wildman–Crippen MR) is 136 cm³/mol. The molecule has 3 aliphatic heterocycles. The number of nitrogens with one attached hydrogen (secondary N) is 3. The number of amides is 1. The molecule has 2 atom stereocenters. The minimum atomic E-state index is 0.00608. The second-order valence-corrected chi connectivity index (χ2v) is 10.4. The van der Waals surface area contributed by atoms with E-state index in [2.05, 4.69) is 33.0 Å². The highest BCUT2D eigenvalue weighted by Crippen LogP contribution is 2.47. The minimum absolute atomic E-state index is 0.00608. The summed E-state index contributed by atoms with van der Waals surface area (Å²) in [6, 6.07) is 10.0. The third kappa shape index (κ3) is 4.26. The van der Waals surface area contributed by atoms with E-state index in [0.717, 1.165) is 45.9 Å². The first-order valence-corrected chi connectivity index (χ1v) is 12.7. The van der Waals surface area contributed by atoms with Crippen molar-refractivity contribution in [3.8, 4) is 5.75 Å². The molecule has 0 saturated carbocycles. The van der Waals surface area contributed by atoms with Crippen LogP contribution in [0.5, 0.6) is 5.75 Å². The zero-order chi connectivity index (χ0) is 23.9.